The first kappa shape index (κ1) is 15.4. The standard InChI is InChI=1S/C16H24FNO2/c1-2-8-18-16(14-7-9-19-11-14)12-20-10-13-5-3-4-6-15(13)17/h3-6,14,16,18H,2,7-12H2,1H3. The molecule has 1 aromatic rings. The molecule has 0 aliphatic carbocycles. The van der Waals surface area contributed by atoms with Crippen LogP contribution in [0, 0.1) is 11.7 Å². The van der Waals surface area contributed by atoms with Gasteiger partial charge in [-0.3, -0.25) is 0 Å². The minimum atomic E-state index is -0.199. The monoisotopic (exact) mass is 281 g/mol. The van der Waals surface area contributed by atoms with Crippen LogP contribution in [0.5, 0.6) is 0 Å². The minimum absolute atomic E-state index is 0.199. The van der Waals surface area contributed by atoms with E-state index in [1.165, 1.54) is 6.07 Å². The number of benzene rings is 1. The fourth-order valence-electron chi connectivity index (χ4n) is 2.47. The molecule has 1 heterocycles. The number of nitrogens with one attached hydrogen (secondary N) is 1. The normalized spacial score (nSPS) is 20.2. The summed E-state index contributed by atoms with van der Waals surface area (Å²) in [6.07, 6.45) is 2.17. The third-order valence-corrected chi connectivity index (χ3v) is 3.70. The summed E-state index contributed by atoms with van der Waals surface area (Å²) >= 11 is 0. The topological polar surface area (TPSA) is 30.5 Å². The molecule has 2 atom stereocenters. The van der Waals surface area contributed by atoms with Crippen LogP contribution in [-0.4, -0.2) is 32.4 Å². The van der Waals surface area contributed by atoms with Crippen molar-refractivity contribution in [1.29, 1.82) is 0 Å². The second-order valence-corrected chi connectivity index (χ2v) is 5.29. The number of ether oxygens (including phenoxy) is 2. The zero-order valence-electron chi connectivity index (χ0n) is 12.1. The summed E-state index contributed by atoms with van der Waals surface area (Å²) in [5, 5.41) is 3.51. The lowest BCUT2D eigenvalue weighted by Gasteiger charge is -2.23. The van der Waals surface area contributed by atoms with Gasteiger partial charge in [-0.25, -0.2) is 4.39 Å². The van der Waals surface area contributed by atoms with E-state index in [-0.39, 0.29) is 5.82 Å². The van der Waals surface area contributed by atoms with Gasteiger partial charge in [-0.05, 0) is 25.5 Å². The van der Waals surface area contributed by atoms with E-state index in [9.17, 15) is 4.39 Å². The molecule has 1 N–H and O–H groups in total. The van der Waals surface area contributed by atoms with Crippen molar-refractivity contribution >= 4 is 0 Å². The molecule has 0 saturated carbocycles. The SMILES string of the molecule is CCCNC(COCc1ccccc1F)C1CCOC1. The Balaban J connectivity index is 1.80. The molecule has 4 heteroatoms. The van der Waals surface area contributed by atoms with E-state index in [0.717, 1.165) is 32.6 Å². The third-order valence-electron chi connectivity index (χ3n) is 3.70. The van der Waals surface area contributed by atoms with Gasteiger partial charge in [-0.1, -0.05) is 25.1 Å². The molecule has 0 spiro atoms. The predicted octanol–water partition coefficient (Wildman–Crippen LogP) is 2.75. The fraction of sp³-hybridized carbons (Fsp3) is 0.625. The van der Waals surface area contributed by atoms with Crippen molar-refractivity contribution < 1.29 is 13.9 Å². The van der Waals surface area contributed by atoms with E-state index < -0.39 is 0 Å². The molecular weight excluding hydrogens is 257 g/mol. The second kappa shape index (κ2) is 8.35. The molecule has 3 nitrogen and oxygen atoms in total. The van der Waals surface area contributed by atoms with Crippen molar-refractivity contribution in [2.45, 2.75) is 32.4 Å². The quantitative estimate of drug-likeness (QED) is 0.795. The van der Waals surface area contributed by atoms with E-state index >= 15 is 0 Å². The maximum Gasteiger partial charge on any atom is 0.128 e. The lowest BCUT2D eigenvalue weighted by atomic mass is 9.99. The predicted molar refractivity (Wildman–Crippen MR) is 77.1 cm³/mol. The van der Waals surface area contributed by atoms with Crippen molar-refractivity contribution in [3.8, 4) is 0 Å². The van der Waals surface area contributed by atoms with Crippen molar-refractivity contribution in [3.63, 3.8) is 0 Å². The summed E-state index contributed by atoms with van der Waals surface area (Å²) in [6, 6.07) is 7.06. The Bertz CT molecular complexity index is 394. The van der Waals surface area contributed by atoms with Gasteiger partial charge in [-0.15, -0.1) is 0 Å². The molecule has 0 radical (unpaired) electrons. The first-order valence-corrected chi connectivity index (χ1v) is 7.43. The van der Waals surface area contributed by atoms with Crippen molar-refractivity contribution in [1.82, 2.24) is 5.32 Å². The maximum absolute atomic E-state index is 13.5. The highest BCUT2D eigenvalue weighted by Gasteiger charge is 2.25. The highest BCUT2D eigenvalue weighted by molar-refractivity contribution is 5.16. The molecular formula is C16H24FNO2. The largest absolute Gasteiger partial charge is 0.381 e. The molecule has 20 heavy (non-hydrogen) atoms. The summed E-state index contributed by atoms with van der Waals surface area (Å²) in [6.45, 7) is 5.68. The molecule has 1 aliphatic heterocycles. The Kier molecular flexibility index (Phi) is 6.43. The molecule has 0 aromatic heterocycles. The van der Waals surface area contributed by atoms with Gasteiger partial charge in [0.25, 0.3) is 0 Å². The Hall–Kier alpha value is -0.970. The summed E-state index contributed by atoms with van der Waals surface area (Å²) in [5.41, 5.74) is 0.615. The van der Waals surface area contributed by atoms with Gasteiger partial charge in [0, 0.05) is 24.1 Å². The zero-order valence-corrected chi connectivity index (χ0v) is 12.1. The lowest BCUT2D eigenvalue weighted by molar-refractivity contribution is 0.0753. The zero-order chi connectivity index (χ0) is 14.2. The highest BCUT2D eigenvalue weighted by Crippen LogP contribution is 2.18. The molecule has 1 aromatic carbocycles. The van der Waals surface area contributed by atoms with E-state index in [0.29, 0.717) is 30.7 Å². The molecule has 1 saturated heterocycles. The van der Waals surface area contributed by atoms with Crippen LogP contribution in [0.4, 0.5) is 4.39 Å². The van der Waals surface area contributed by atoms with Gasteiger partial charge >= 0.3 is 0 Å². The summed E-state index contributed by atoms with van der Waals surface area (Å²) in [5.74, 6) is 0.303. The van der Waals surface area contributed by atoms with Crippen LogP contribution in [0.3, 0.4) is 0 Å². The third kappa shape index (κ3) is 4.54. The molecule has 1 fully saturated rings. The molecule has 0 amide bonds. The van der Waals surface area contributed by atoms with Gasteiger partial charge in [0.05, 0.1) is 19.8 Å². The Labute approximate surface area is 120 Å². The van der Waals surface area contributed by atoms with Crippen LogP contribution in [0.1, 0.15) is 25.3 Å². The first-order chi connectivity index (χ1) is 9.81. The van der Waals surface area contributed by atoms with Gasteiger partial charge in [-0.2, -0.15) is 0 Å². The van der Waals surface area contributed by atoms with Crippen molar-refractivity contribution in [2.75, 3.05) is 26.4 Å². The van der Waals surface area contributed by atoms with E-state index in [4.69, 9.17) is 9.47 Å². The highest BCUT2D eigenvalue weighted by atomic mass is 19.1. The lowest BCUT2D eigenvalue weighted by Crippen LogP contribution is -2.40. The molecule has 2 rings (SSSR count). The van der Waals surface area contributed by atoms with Crippen LogP contribution < -0.4 is 5.32 Å². The smallest absolute Gasteiger partial charge is 0.128 e. The van der Waals surface area contributed by atoms with Gasteiger partial charge < -0.3 is 14.8 Å². The molecule has 112 valence electrons. The average molecular weight is 281 g/mol. The Morgan fingerprint density at radius 1 is 1.45 bits per heavy atom. The number of halogens is 1. The summed E-state index contributed by atoms with van der Waals surface area (Å²) < 4.78 is 24.7. The minimum Gasteiger partial charge on any atom is -0.381 e. The first-order valence-electron chi connectivity index (χ1n) is 7.43. The van der Waals surface area contributed by atoms with Gasteiger partial charge in [0.2, 0.25) is 0 Å². The van der Waals surface area contributed by atoms with Crippen LogP contribution >= 0.6 is 0 Å². The number of hydrogen-bond donors (Lipinski definition) is 1. The van der Waals surface area contributed by atoms with Crippen molar-refractivity contribution in [3.05, 3.63) is 35.6 Å². The van der Waals surface area contributed by atoms with E-state index in [1.807, 2.05) is 6.07 Å². The van der Waals surface area contributed by atoms with Gasteiger partial charge in [0.15, 0.2) is 0 Å². The fourth-order valence-corrected chi connectivity index (χ4v) is 2.47. The van der Waals surface area contributed by atoms with Gasteiger partial charge in [0.1, 0.15) is 5.82 Å². The number of rotatable bonds is 8. The summed E-state index contributed by atoms with van der Waals surface area (Å²) in [4.78, 5) is 0. The van der Waals surface area contributed by atoms with Crippen LogP contribution in [0.2, 0.25) is 0 Å². The van der Waals surface area contributed by atoms with E-state index in [1.54, 1.807) is 12.1 Å². The molecule has 2 unspecified atom stereocenters. The van der Waals surface area contributed by atoms with Crippen molar-refractivity contribution in [2.24, 2.45) is 5.92 Å². The van der Waals surface area contributed by atoms with Crippen LogP contribution in [0.15, 0.2) is 24.3 Å². The average Bonchev–Trinajstić information content (AvgIpc) is 2.98. The molecule has 1 aliphatic rings. The van der Waals surface area contributed by atoms with Crippen LogP contribution in [0.25, 0.3) is 0 Å². The Morgan fingerprint density at radius 3 is 3.00 bits per heavy atom. The summed E-state index contributed by atoms with van der Waals surface area (Å²) in [7, 11) is 0. The van der Waals surface area contributed by atoms with E-state index in [2.05, 4.69) is 12.2 Å². The number of hydrogen-bond acceptors (Lipinski definition) is 3. The maximum atomic E-state index is 13.5. The second-order valence-electron chi connectivity index (χ2n) is 5.29. The molecule has 0 bridgehead atoms. The Morgan fingerprint density at radius 2 is 2.30 bits per heavy atom. The van der Waals surface area contributed by atoms with Crippen LogP contribution in [-0.2, 0) is 16.1 Å².